The Hall–Kier alpha value is -2.02. The van der Waals surface area contributed by atoms with E-state index in [1.54, 1.807) is 0 Å². The molecule has 4 heteroatoms. The van der Waals surface area contributed by atoms with Gasteiger partial charge in [-0.05, 0) is 17.7 Å². The Kier molecular flexibility index (Phi) is 1.86. The van der Waals surface area contributed by atoms with Gasteiger partial charge in [0.2, 0.25) is 0 Å². The third-order valence-corrected chi connectivity index (χ3v) is 2.11. The minimum absolute atomic E-state index is 0.00871. The van der Waals surface area contributed by atoms with Gasteiger partial charge in [-0.1, -0.05) is 0 Å². The zero-order chi connectivity index (χ0) is 10.1. The molecule has 0 bridgehead atoms. The lowest BCUT2D eigenvalue weighted by Crippen LogP contribution is -1.82. The monoisotopic (exact) mass is 190 g/mol. The number of phenolic OH excluding ortho intramolecular Hbond substituents is 1. The Bertz CT molecular complexity index is 525. The van der Waals surface area contributed by atoms with E-state index in [4.69, 9.17) is 5.26 Å². The van der Waals surface area contributed by atoms with Gasteiger partial charge >= 0.3 is 0 Å². The van der Waals surface area contributed by atoms with Crippen molar-refractivity contribution < 1.29 is 9.50 Å². The molecule has 0 saturated carbocycles. The molecular formula is C10H7FN2O. The van der Waals surface area contributed by atoms with Crippen molar-refractivity contribution in [2.75, 3.05) is 0 Å². The number of rotatable bonds is 1. The molecule has 0 spiro atoms. The molecule has 3 nitrogen and oxygen atoms in total. The van der Waals surface area contributed by atoms with E-state index in [0.717, 1.165) is 0 Å². The maximum absolute atomic E-state index is 13.3. The van der Waals surface area contributed by atoms with E-state index in [1.807, 2.05) is 6.07 Å². The summed E-state index contributed by atoms with van der Waals surface area (Å²) < 4.78 is 13.3. The first-order valence-corrected chi connectivity index (χ1v) is 4.08. The van der Waals surface area contributed by atoms with Crippen LogP contribution in [0.15, 0.2) is 18.3 Å². The largest absolute Gasteiger partial charge is 0.506 e. The number of nitrogens with one attached hydrogen (secondary N) is 1. The summed E-state index contributed by atoms with van der Waals surface area (Å²) in [5, 5.41) is 18.2. The van der Waals surface area contributed by atoms with E-state index < -0.39 is 5.82 Å². The molecular weight excluding hydrogens is 183 g/mol. The van der Waals surface area contributed by atoms with Crippen molar-refractivity contribution in [3.8, 4) is 11.8 Å². The number of aromatic nitrogens is 1. The molecule has 0 atom stereocenters. The van der Waals surface area contributed by atoms with E-state index in [-0.39, 0.29) is 12.2 Å². The Morgan fingerprint density at radius 1 is 1.50 bits per heavy atom. The molecule has 1 heterocycles. The van der Waals surface area contributed by atoms with Crippen molar-refractivity contribution >= 4 is 10.9 Å². The number of hydrogen-bond donors (Lipinski definition) is 2. The zero-order valence-electron chi connectivity index (χ0n) is 7.21. The van der Waals surface area contributed by atoms with E-state index in [1.165, 1.54) is 18.3 Å². The van der Waals surface area contributed by atoms with Gasteiger partial charge in [-0.15, -0.1) is 0 Å². The molecule has 2 aromatic rings. The summed E-state index contributed by atoms with van der Waals surface area (Å²) in [5.74, 6) is -0.435. The second-order valence-electron chi connectivity index (χ2n) is 2.97. The number of phenols is 1. The molecule has 0 fully saturated rings. The molecule has 1 aromatic heterocycles. The molecule has 0 unspecified atom stereocenters. The van der Waals surface area contributed by atoms with Crippen LogP contribution in [0.25, 0.3) is 10.9 Å². The number of halogens is 1. The fourth-order valence-corrected chi connectivity index (χ4v) is 1.48. The highest BCUT2D eigenvalue weighted by Crippen LogP contribution is 2.28. The van der Waals surface area contributed by atoms with Gasteiger partial charge < -0.3 is 10.1 Å². The maximum atomic E-state index is 13.3. The normalized spacial score (nSPS) is 10.3. The first-order chi connectivity index (χ1) is 6.74. The maximum Gasteiger partial charge on any atom is 0.139 e. The van der Waals surface area contributed by atoms with Crippen molar-refractivity contribution in [3.05, 3.63) is 29.7 Å². The van der Waals surface area contributed by atoms with Crippen LogP contribution >= 0.6 is 0 Å². The molecule has 70 valence electrons. The number of fused-ring (bicyclic) bond motifs is 1. The van der Waals surface area contributed by atoms with Crippen molar-refractivity contribution in [1.82, 2.24) is 4.98 Å². The van der Waals surface area contributed by atoms with Crippen molar-refractivity contribution in [2.24, 2.45) is 0 Å². The quantitative estimate of drug-likeness (QED) is 0.723. The van der Waals surface area contributed by atoms with Crippen molar-refractivity contribution in [3.63, 3.8) is 0 Å². The molecule has 2 rings (SSSR count). The fraction of sp³-hybridized carbons (Fsp3) is 0.100. The molecule has 0 saturated heterocycles. The summed E-state index contributed by atoms with van der Waals surface area (Å²) >= 11 is 0. The van der Waals surface area contributed by atoms with Gasteiger partial charge in [0.15, 0.2) is 0 Å². The van der Waals surface area contributed by atoms with Crippen LogP contribution in [-0.2, 0) is 6.42 Å². The summed E-state index contributed by atoms with van der Waals surface area (Å²) in [4.78, 5) is 2.74. The number of H-pyrrole nitrogens is 1. The smallest absolute Gasteiger partial charge is 0.139 e. The highest BCUT2D eigenvalue weighted by Gasteiger charge is 2.11. The average molecular weight is 190 g/mol. The Labute approximate surface area is 79.4 Å². The second kappa shape index (κ2) is 3.04. The van der Waals surface area contributed by atoms with E-state index >= 15 is 0 Å². The summed E-state index contributed by atoms with van der Waals surface area (Å²) in [6.07, 6.45) is 1.66. The third kappa shape index (κ3) is 1.11. The van der Waals surface area contributed by atoms with Gasteiger partial charge in [-0.2, -0.15) is 5.26 Å². The van der Waals surface area contributed by atoms with Crippen LogP contribution in [0.2, 0.25) is 0 Å². The van der Waals surface area contributed by atoms with Gasteiger partial charge in [-0.25, -0.2) is 4.39 Å². The topological polar surface area (TPSA) is 59.8 Å². The Morgan fingerprint density at radius 2 is 2.29 bits per heavy atom. The number of benzene rings is 1. The Morgan fingerprint density at radius 3 is 3.00 bits per heavy atom. The summed E-state index contributed by atoms with van der Waals surface area (Å²) in [5.41, 5.74) is 0.908. The number of hydrogen-bond acceptors (Lipinski definition) is 2. The summed E-state index contributed by atoms with van der Waals surface area (Å²) in [6.45, 7) is 0. The average Bonchev–Trinajstić information content (AvgIpc) is 2.58. The SMILES string of the molecule is N#CCc1c[nH]c2c(O)ccc(F)c12. The minimum Gasteiger partial charge on any atom is -0.506 e. The molecule has 1 aromatic carbocycles. The summed E-state index contributed by atoms with van der Waals surface area (Å²) in [6, 6.07) is 4.41. The highest BCUT2D eigenvalue weighted by atomic mass is 19.1. The van der Waals surface area contributed by atoms with E-state index in [2.05, 4.69) is 4.98 Å². The number of nitriles is 1. The van der Waals surface area contributed by atoms with Gasteiger partial charge in [0.25, 0.3) is 0 Å². The third-order valence-electron chi connectivity index (χ3n) is 2.11. The highest BCUT2D eigenvalue weighted by molar-refractivity contribution is 5.88. The molecule has 2 N–H and O–H groups in total. The number of aromatic hydroxyl groups is 1. The van der Waals surface area contributed by atoms with Crippen LogP contribution < -0.4 is 0 Å². The first kappa shape index (κ1) is 8.57. The lowest BCUT2D eigenvalue weighted by molar-refractivity contribution is 0.479. The predicted octanol–water partition coefficient (Wildman–Crippen LogP) is 2.08. The van der Waals surface area contributed by atoms with Crippen molar-refractivity contribution in [2.45, 2.75) is 6.42 Å². The van der Waals surface area contributed by atoms with Crippen LogP contribution in [0.3, 0.4) is 0 Å². The van der Waals surface area contributed by atoms with Gasteiger partial charge in [0, 0.05) is 11.6 Å². The summed E-state index contributed by atoms with van der Waals surface area (Å²) in [7, 11) is 0. The lowest BCUT2D eigenvalue weighted by Gasteiger charge is -1.97. The van der Waals surface area contributed by atoms with E-state index in [9.17, 15) is 9.50 Å². The number of aromatic amines is 1. The van der Waals surface area contributed by atoms with Gasteiger partial charge in [-0.3, -0.25) is 0 Å². The van der Waals surface area contributed by atoms with Gasteiger partial charge in [0.1, 0.15) is 11.6 Å². The van der Waals surface area contributed by atoms with Crippen LogP contribution in [0.1, 0.15) is 5.56 Å². The molecule has 14 heavy (non-hydrogen) atoms. The van der Waals surface area contributed by atoms with Crippen LogP contribution in [0.5, 0.6) is 5.75 Å². The van der Waals surface area contributed by atoms with Crippen LogP contribution in [-0.4, -0.2) is 10.1 Å². The molecule has 0 aliphatic rings. The van der Waals surface area contributed by atoms with Gasteiger partial charge in [0.05, 0.1) is 18.0 Å². The molecule has 0 amide bonds. The van der Waals surface area contributed by atoms with E-state index in [0.29, 0.717) is 16.5 Å². The molecule has 0 aliphatic carbocycles. The lowest BCUT2D eigenvalue weighted by atomic mass is 10.1. The molecule has 0 aliphatic heterocycles. The first-order valence-electron chi connectivity index (χ1n) is 4.08. The standard InChI is InChI=1S/C10H7FN2O/c11-7-1-2-8(14)10-9(7)6(3-4-12)5-13-10/h1-2,5,13-14H,3H2. The van der Waals surface area contributed by atoms with Crippen molar-refractivity contribution in [1.29, 1.82) is 5.26 Å². The Balaban J connectivity index is 2.78. The van der Waals surface area contributed by atoms with Crippen LogP contribution in [0.4, 0.5) is 4.39 Å². The minimum atomic E-state index is -0.427. The second-order valence-corrected chi connectivity index (χ2v) is 2.97. The van der Waals surface area contributed by atoms with Crippen LogP contribution in [0, 0.1) is 17.1 Å². The zero-order valence-corrected chi connectivity index (χ0v) is 7.21. The fourth-order valence-electron chi connectivity index (χ4n) is 1.48. The molecule has 0 radical (unpaired) electrons. The predicted molar refractivity (Wildman–Crippen MR) is 49.2 cm³/mol. The number of nitrogens with zero attached hydrogens (tertiary/aromatic N) is 1.